The van der Waals surface area contributed by atoms with Gasteiger partial charge in [-0.3, -0.25) is 4.79 Å². The summed E-state index contributed by atoms with van der Waals surface area (Å²) in [4.78, 5) is 12.7. The second-order valence-corrected chi connectivity index (χ2v) is 8.85. The Morgan fingerprint density at radius 3 is 2.22 bits per heavy atom. The van der Waals surface area contributed by atoms with Gasteiger partial charge < -0.3 is 0 Å². The molecule has 0 bridgehead atoms. The van der Waals surface area contributed by atoms with E-state index in [0.717, 1.165) is 49.6 Å². The van der Waals surface area contributed by atoms with E-state index in [1.165, 1.54) is 0 Å². The highest BCUT2D eigenvalue weighted by Gasteiger charge is 2.13. The lowest BCUT2D eigenvalue weighted by Gasteiger charge is -2.06. The molecule has 1 amide bonds. The zero-order valence-electron chi connectivity index (χ0n) is 20.1. The van der Waals surface area contributed by atoms with Crippen LogP contribution in [0.4, 0.5) is 0 Å². The molecule has 0 aliphatic rings. The van der Waals surface area contributed by atoms with E-state index in [2.05, 4.69) is 34.8 Å². The lowest BCUT2D eigenvalue weighted by Crippen LogP contribution is -2.19. The Morgan fingerprint density at radius 2 is 1.41 bits per heavy atom. The average Bonchev–Trinajstić information content (AvgIpc) is 3.37. The molecule has 1 N–H and O–H groups in total. The molecule has 0 saturated carbocycles. The number of nitrogens with zero attached hydrogens (tertiary/aromatic N) is 3. The van der Waals surface area contributed by atoms with Gasteiger partial charge >= 0.3 is 0 Å². The van der Waals surface area contributed by atoms with Crippen LogP contribution in [0, 0.1) is 0 Å². The standard InChI is InChI=1S/C32H24N4O/c37-31(20-26-16-8-14-23-10-4-6-17-28(23)26)34-33-21-27-22-36(35-32(27)25-12-2-1-3-13-25)30-19-9-15-24-11-5-7-18-29(24)30/h1-19,21-22H,20H2,(H,34,37)/b33-21+. The van der Waals surface area contributed by atoms with Crippen molar-refractivity contribution in [2.45, 2.75) is 6.42 Å². The highest BCUT2D eigenvalue weighted by Crippen LogP contribution is 2.26. The molecule has 1 aromatic heterocycles. The predicted octanol–water partition coefficient (Wildman–Crippen LogP) is 6.54. The number of hydrazone groups is 1. The largest absolute Gasteiger partial charge is 0.273 e. The summed E-state index contributed by atoms with van der Waals surface area (Å²) in [5.74, 6) is -0.171. The van der Waals surface area contributed by atoms with Crippen LogP contribution in [-0.2, 0) is 11.2 Å². The first-order valence-electron chi connectivity index (χ1n) is 12.2. The molecule has 0 spiro atoms. The Kier molecular flexibility index (Phi) is 6.01. The Bertz CT molecular complexity index is 1740. The number of nitrogens with one attached hydrogen (secondary N) is 1. The molecule has 5 nitrogen and oxygen atoms in total. The number of rotatable bonds is 6. The van der Waals surface area contributed by atoms with Crippen molar-refractivity contribution >= 4 is 33.7 Å². The second-order valence-electron chi connectivity index (χ2n) is 8.85. The number of hydrogen-bond donors (Lipinski definition) is 1. The van der Waals surface area contributed by atoms with Crippen LogP contribution in [0.15, 0.2) is 127 Å². The first-order chi connectivity index (χ1) is 18.3. The first-order valence-corrected chi connectivity index (χ1v) is 12.2. The van der Waals surface area contributed by atoms with E-state index in [4.69, 9.17) is 5.10 Å². The molecule has 0 unspecified atom stereocenters. The van der Waals surface area contributed by atoms with E-state index in [0.29, 0.717) is 0 Å². The molecule has 178 valence electrons. The van der Waals surface area contributed by atoms with Crippen molar-refractivity contribution in [3.63, 3.8) is 0 Å². The number of hydrogen-bond acceptors (Lipinski definition) is 3. The van der Waals surface area contributed by atoms with E-state index < -0.39 is 0 Å². The smallest absolute Gasteiger partial charge is 0.244 e. The van der Waals surface area contributed by atoms with Crippen LogP contribution in [0.2, 0.25) is 0 Å². The minimum absolute atomic E-state index is 0.171. The van der Waals surface area contributed by atoms with Gasteiger partial charge in [-0.25, -0.2) is 10.1 Å². The summed E-state index contributed by atoms with van der Waals surface area (Å²) in [7, 11) is 0. The summed E-state index contributed by atoms with van der Waals surface area (Å²) in [5.41, 5.74) is 7.23. The number of benzene rings is 5. The number of aromatic nitrogens is 2. The molecule has 0 fully saturated rings. The molecule has 6 rings (SSSR count). The van der Waals surface area contributed by atoms with Crippen molar-refractivity contribution < 1.29 is 4.79 Å². The van der Waals surface area contributed by atoms with Gasteiger partial charge in [0.25, 0.3) is 0 Å². The predicted molar refractivity (Wildman–Crippen MR) is 150 cm³/mol. The summed E-state index contributed by atoms with van der Waals surface area (Å²) in [6, 6.07) is 38.5. The summed E-state index contributed by atoms with van der Waals surface area (Å²) in [5, 5.41) is 13.7. The van der Waals surface area contributed by atoms with Crippen molar-refractivity contribution in [1.29, 1.82) is 0 Å². The minimum atomic E-state index is -0.171. The zero-order valence-corrected chi connectivity index (χ0v) is 20.1. The van der Waals surface area contributed by atoms with Crippen LogP contribution in [0.5, 0.6) is 0 Å². The van der Waals surface area contributed by atoms with E-state index in [9.17, 15) is 4.79 Å². The van der Waals surface area contributed by atoms with E-state index in [1.807, 2.05) is 102 Å². The molecule has 0 aliphatic carbocycles. The molecule has 37 heavy (non-hydrogen) atoms. The van der Waals surface area contributed by atoms with Gasteiger partial charge in [0, 0.05) is 22.7 Å². The highest BCUT2D eigenvalue weighted by molar-refractivity contribution is 5.93. The molecule has 0 aliphatic heterocycles. The van der Waals surface area contributed by atoms with Crippen LogP contribution in [0.3, 0.4) is 0 Å². The lowest BCUT2D eigenvalue weighted by molar-refractivity contribution is -0.120. The molecule has 0 atom stereocenters. The van der Waals surface area contributed by atoms with Crippen LogP contribution in [-0.4, -0.2) is 21.9 Å². The van der Waals surface area contributed by atoms with Gasteiger partial charge in [0.1, 0.15) is 5.69 Å². The Hall–Kier alpha value is -5.03. The molecule has 1 heterocycles. The molecule has 5 heteroatoms. The van der Waals surface area contributed by atoms with Crippen LogP contribution >= 0.6 is 0 Å². The van der Waals surface area contributed by atoms with Crippen LogP contribution < -0.4 is 5.43 Å². The summed E-state index contributed by atoms with van der Waals surface area (Å²) in [6.07, 6.45) is 3.86. The maximum Gasteiger partial charge on any atom is 0.244 e. The fraction of sp³-hybridized carbons (Fsp3) is 0.0312. The quantitative estimate of drug-likeness (QED) is 0.217. The topological polar surface area (TPSA) is 59.3 Å². The maximum absolute atomic E-state index is 12.7. The van der Waals surface area contributed by atoms with Gasteiger partial charge in [-0.15, -0.1) is 0 Å². The second kappa shape index (κ2) is 9.91. The van der Waals surface area contributed by atoms with E-state index in [-0.39, 0.29) is 12.3 Å². The van der Waals surface area contributed by atoms with Gasteiger partial charge in [-0.05, 0) is 27.8 Å². The van der Waals surface area contributed by atoms with E-state index in [1.54, 1.807) is 6.21 Å². The third-order valence-corrected chi connectivity index (χ3v) is 6.43. The maximum atomic E-state index is 12.7. The fourth-order valence-corrected chi connectivity index (χ4v) is 4.67. The summed E-state index contributed by atoms with van der Waals surface area (Å²) >= 11 is 0. The van der Waals surface area contributed by atoms with Gasteiger partial charge in [0.15, 0.2) is 0 Å². The number of carbonyl (C=O) groups excluding carboxylic acids is 1. The van der Waals surface area contributed by atoms with E-state index >= 15 is 0 Å². The van der Waals surface area contributed by atoms with Gasteiger partial charge in [-0.1, -0.05) is 109 Å². The molecule has 5 aromatic carbocycles. The Morgan fingerprint density at radius 1 is 0.757 bits per heavy atom. The van der Waals surface area contributed by atoms with Crippen molar-refractivity contribution in [1.82, 2.24) is 15.2 Å². The van der Waals surface area contributed by atoms with Gasteiger partial charge in [0.05, 0.1) is 18.3 Å². The summed E-state index contributed by atoms with van der Waals surface area (Å²) < 4.78 is 1.88. The number of carbonyl (C=O) groups is 1. The minimum Gasteiger partial charge on any atom is -0.273 e. The van der Waals surface area contributed by atoms with Gasteiger partial charge in [0.2, 0.25) is 5.91 Å². The van der Waals surface area contributed by atoms with Crippen molar-refractivity contribution in [3.05, 3.63) is 133 Å². The lowest BCUT2D eigenvalue weighted by atomic mass is 10.0. The molecule has 0 radical (unpaired) electrons. The molecule has 6 aromatic rings. The molecular formula is C32H24N4O. The SMILES string of the molecule is O=C(Cc1cccc2ccccc12)N/N=C/c1cn(-c2cccc3ccccc23)nc1-c1ccccc1. The fourth-order valence-electron chi connectivity index (χ4n) is 4.67. The first kappa shape index (κ1) is 22.4. The highest BCUT2D eigenvalue weighted by atomic mass is 16.2. The van der Waals surface area contributed by atoms with Crippen molar-refractivity contribution in [3.8, 4) is 16.9 Å². The van der Waals surface area contributed by atoms with Crippen molar-refractivity contribution in [2.75, 3.05) is 0 Å². The monoisotopic (exact) mass is 480 g/mol. The number of fused-ring (bicyclic) bond motifs is 2. The third-order valence-electron chi connectivity index (χ3n) is 6.43. The molecule has 0 saturated heterocycles. The van der Waals surface area contributed by atoms with Crippen molar-refractivity contribution in [2.24, 2.45) is 5.10 Å². The summed E-state index contributed by atoms with van der Waals surface area (Å²) in [6.45, 7) is 0. The molecular weight excluding hydrogens is 456 g/mol. The average molecular weight is 481 g/mol. The Labute approximate surface area is 214 Å². The normalized spacial score (nSPS) is 11.4. The van der Waals surface area contributed by atoms with Crippen LogP contribution in [0.25, 0.3) is 38.5 Å². The number of amides is 1. The van der Waals surface area contributed by atoms with Gasteiger partial charge in [-0.2, -0.15) is 10.2 Å². The third kappa shape index (κ3) is 4.62. The van der Waals surface area contributed by atoms with Crippen LogP contribution in [0.1, 0.15) is 11.1 Å². The Balaban J connectivity index is 1.29. The zero-order chi connectivity index (χ0) is 25.0.